The predicted molar refractivity (Wildman–Crippen MR) is 150 cm³/mol. The van der Waals surface area contributed by atoms with Crippen LogP contribution in [0.4, 0.5) is 20.3 Å². The molecule has 4 aromatic rings. The topological polar surface area (TPSA) is 106 Å². The van der Waals surface area contributed by atoms with E-state index in [1.807, 2.05) is 23.7 Å². The largest absolute Gasteiger partial charge is 0.383 e. The second-order valence-electron chi connectivity index (χ2n) is 10.7. The third-order valence-electron chi connectivity index (χ3n) is 8.13. The van der Waals surface area contributed by atoms with Crippen LogP contribution in [0.5, 0.6) is 0 Å². The Morgan fingerprint density at radius 2 is 1.73 bits per heavy atom. The molecule has 3 aliphatic rings. The van der Waals surface area contributed by atoms with Gasteiger partial charge in [-0.3, -0.25) is 9.59 Å². The molecule has 1 saturated carbocycles. The van der Waals surface area contributed by atoms with E-state index in [1.54, 1.807) is 43.3 Å². The van der Waals surface area contributed by atoms with Crippen LogP contribution in [-0.2, 0) is 11.8 Å². The number of anilines is 2. The molecule has 3 fully saturated rings. The van der Waals surface area contributed by atoms with Gasteiger partial charge in [0.1, 0.15) is 23.3 Å². The molecule has 4 heterocycles. The number of nitrogens with zero attached hydrogens (tertiary/aromatic N) is 4. The zero-order valence-corrected chi connectivity index (χ0v) is 22.1. The number of carbonyl (C=O) groups is 2. The molecule has 204 valence electrons. The van der Waals surface area contributed by atoms with Crippen molar-refractivity contribution in [1.82, 2.24) is 19.4 Å². The fourth-order valence-electron chi connectivity index (χ4n) is 6.09. The number of fused-ring (bicyclic) bond motifs is 2. The molecule has 10 heteroatoms. The van der Waals surface area contributed by atoms with E-state index in [-0.39, 0.29) is 17.7 Å². The Balaban J connectivity index is 1.40. The number of amides is 2. The van der Waals surface area contributed by atoms with Crippen LogP contribution in [0.2, 0.25) is 0 Å². The number of halogens is 2. The van der Waals surface area contributed by atoms with E-state index >= 15 is 0 Å². The van der Waals surface area contributed by atoms with Crippen molar-refractivity contribution in [2.45, 2.75) is 31.7 Å². The molecule has 2 saturated heterocycles. The van der Waals surface area contributed by atoms with Gasteiger partial charge in [0.25, 0.3) is 18.2 Å². The van der Waals surface area contributed by atoms with Gasteiger partial charge in [0.05, 0.1) is 11.1 Å². The van der Waals surface area contributed by atoms with Crippen molar-refractivity contribution >= 4 is 34.4 Å². The smallest absolute Gasteiger partial charge is 0.261 e. The third kappa shape index (κ3) is 3.85. The van der Waals surface area contributed by atoms with Crippen LogP contribution >= 0.6 is 0 Å². The van der Waals surface area contributed by atoms with Gasteiger partial charge in [-0.25, -0.2) is 18.7 Å². The Morgan fingerprint density at radius 3 is 2.35 bits per heavy atom. The zero-order chi connectivity index (χ0) is 28.3. The molecule has 2 aliphatic heterocycles. The minimum atomic E-state index is -2.56. The number of aromatic nitrogens is 3. The fourth-order valence-corrected chi connectivity index (χ4v) is 6.09. The van der Waals surface area contributed by atoms with Crippen molar-refractivity contribution in [3.8, 4) is 22.4 Å². The lowest BCUT2D eigenvalue weighted by Gasteiger charge is -2.41. The van der Waals surface area contributed by atoms with E-state index in [4.69, 9.17) is 5.73 Å². The van der Waals surface area contributed by atoms with Crippen LogP contribution in [0.15, 0.2) is 67.0 Å². The average Bonchev–Trinajstić information content (AvgIpc) is 3.58. The summed E-state index contributed by atoms with van der Waals surface area (Å²) in [6.07, 6.45) is -0.425. The van der Waals surface area contributed by atoms with Gasteiger partial charge < -0.3 is 20.5 Å². The second-order valence-corrected chi connectivity index (χ2v) is 10.7. The highest BCUT2D eigenvalue weighted by Crippen LogP contribution is 2.54. The lowest BCUT2D eigenvalue weighted by Crippen LogP contribution is -2.53. The lowest BCUT2D eigenvalue weighted by atomic mass is 9.73. The first-order valence-electron chi connectivity index (χ1n) is 13.0. The molecule has 0 unspecified atom stereocenters. The number of aryl methyl sites for hydroxylation is 1. The fraction of sp³-hybridized carbons (Fsp3) is 0.267. The number of carbonyl (C=O) groups excluding carboxylic acids is 2. The molecule has 0 spiro atoms. The summed E-state index contributed by atoms with van der Waals surface area (Å²) in [7, 11) is 1.88. The molecule has 1 aliphatic carbocycles. The van der Waals surface area contributed by atoms with Crippen molar-refractivity contribution in [3.05, 3.63) is 72.6 Å². The molecule has 8 nitrogen and oxygen atoms in total. The average molecular weight is 543 g/mol. The Bertz CT molecular complexity index is 1670. The summed E-state index contributed by atoms with van der Waals surface area (Å²) < 4.78 is 29.6. The maximum absolute atomic E-state index is 13.8. The van der Waals surface area contributed by atoms with E-state index in [9.17, 15) is 18.4 Å². The quantitative estimate of drug-likeness (QED) is 0.323. The van der Waals surface area contributed by atoms with Crippen molar-refractivity contribution in [2.75, 3.05) is 17.6 Å². The van der Waals surface area contributed by atoms with E-state index in [0.717, 1.165) is 22.4 Å². The van der Waals surface area contributed by atoms with Crippen molar-refractivity contribution in [1.29, 1.82) is 0 Å². The van der Waals surface area contributed by atoms with Gasteiger partial charge in [0, 0.05) is 36.0 Å². The normalized spacial score (nSPS) is 19.6. The number of nitrogens with two attached hydrogens (primary N) is 1. The summed E-state index contributed by atoms with van der Waals surface area (Å²) in [6.45, 7) is 5.67. The van der Waals surface area contributed by atoms with Gasteiger partial charge in [-0.1, -0.05) is 30.8 Å². The van der Waals surface area contributed by atoms with Crippen molar-refractivity contribution in [2.24, 2.45) is 13.0 Å². The van der Waals surface area contributed by atoms with Crippen LogP contribution in [0.3, 0.4) is 0 Å². The molecule has 2 aromatic carbocycles. The highest BCUT2D eigenvalue weighted by Gasteiger charge is 2.63. The van der Waals surface area contributed by atoms with Gasteiger partial charge in [-0.15, -0.1) is 0 Å². The summed E-state index contributed by atoms with van der Waals surface area (Å²) in [5, 5.41) is 3.46. The van der Waals surface area contributed by atoms with Gasteiger partial charge in [0.15, 0.2) is 0 Å². The lowest BCUT2D eigenvalue weighted by molar-refractivity contribution is -0.112. The van der Waals surface area contributed by atoms with Crippen LogP contribution in [-0.4, -0.2) is 49.8 Å². The third-order valence-corrected chi connectivity index (χ3v) is 8.13. The van der Waals surface area contributed by atoms with E-state index in [2.05, 4.69) is 21.9 Å². The first-order chi connectivity index (χ1) is 19.1. The van der Waals surface area contributed by atoms with Gasteiger partial charge in [-0.2, -0.15) is 0 Å². The van der Waals surface area contributed by atoms with Crippen molar-refractivity contribution in [3.63, 3.8) is 0 Å². The van der Waals surface area contributed by atoms with Crippen LogP contribution in [0, 0.1) is 5.92 Å². The van der Waals surface area contributed by atoms with Gasteiger partial charge >= 0.3 is 0 Å². The molecule has 40 heavy (non-hydrogen) atoms. The highest BCUT2D eigenvalue weighted by molar-refractivity contribution is 6.08. The highest BCUT2D eigenvalue weighted by atomic mass is 19.3. The molecule has 2 aromatic heterocycles. The number of rotatable bonds is 6. The Kier molecular flexibility index (Phi) is 5.94. The number of benzene rings is 2. The van der Waals surface area contributed by atoms with Crippen LogP contribution in [0.1, 0.15) is 30.1 Å². The second kappa shape index (κ2) is 9.25. The summed E-state index contributed by atoms with van der Waals surface area (Å²) in [5.74, 6) is -0.177. The predicted octanol–water partition coefficient (Wildman–Crippen LogP) is 5.27. The number of alkyl halides is 2. The van der Waals surface area contributed by atoms with Crippen LogP contribution in [0.25, 0.3) is 33.4 Å². The van der Waals surface area contributed by atoms with Gasteiger partial charge in [0.2, 0.25) is 0 Å². The van der Waals surface area contributed by atoms with Crippen LogP contribution < -0.4 is 11.1 Å². The number of nitrogen functional groups attached to an aromatic ring is 1. The molecule has 7 rings (SSSR count). The SMILES string of the molecule is C=C(C)C(=O)Nc1ccc(-c2c(-c3ccc(C(=O)N4CC5CC4(C(F)F)C5)cc3)c3c(N)ncnc3n2C)cc1. The van der Waals surface area contributed by atoms with E-state index < -0.39 is 12.0 Å². The first kappa shape index (κ1) is 25.7. The van der Waals surface area contributed by atoms with E-state index in [1.165, 1.54) is 11.2 Å². The maximum atomic E-state index is 13.8. The van der Waals surface area contributed by atoms with Gasteiger partial charge in [-0.05, 0) is 61.1 Å². The number of hydrogen-bond acceptors (Lipinski definition) is 5. The van der Waals surface area contributed by atoms with Crippen molar-refractivity contribution < 1.29 is 18.4 Å². The summed E-state index contributed by atoms with van der Waals surface area (Å²) in [4.78, 5) is 35.3. The minimum Gasteiger partial charge on any atom is -0.383 e. The Hall–Kier alpha value is -4.60. The first-order valence-corrected chi connectivity index (χ1v) is 13.0. The number of hydrogen-bond donors (Lipinski definition) is 2. The Labute approximate surface area is 229 Å². The molecule has 2 amide bonds. The molecular weight excluding hydrogens is 514 g/mol. The Morgan fingerprint density at radius 1 is 1.07 bits per heavy atom. The monoisotopic (exact) mass is 542 g/mol. The molecule has 0 atom stereocenters. The summed E-state index contributed by atoms with van der Waals surface area (Å²) in [6, 6.07) is 14.3. The van der Waals surface area contributed by atoms with E-state index in [0.29, 0.717) is 53.1 Å². The number of nitrogens with one attached hydrogen (secondary N) is 1. The zero-order valence-electron chi connectivity index (χ0n) is 22.1. The molecule has 2 bridgehead atoms. The summed E-state index contributed by atoms with van der Waals surface area (Å²) in [5.41, 5.74) is 10.2. The molecule has 0 radical (unpaired) electrons. The molecule has 3 N–H and O–H groups in total. The minimum absolute atomic E-state index is 0.152. The standard InChI is InChI=1S/C30H28F2N6O2/c1-16(2)27(39)36-21-10-8-19(9-11-21)24-22(23-25(33)34-15-35-26(23)37(24)3)18-4-6-20(7-5-18)28(40)38-14-17-12-30(38,13-17)29(31)32/h4-11,15,17,29H,1,12-14H2,2-3H3,(H,36,39)(H2,33,34,35). The molecular formula is C30H28F2N6O2. The maximum Gasteiger partial charge on any atom is 0.261 e. The summed E-state index contributed by atoms with van der Waals surface area (Å²) >= 11 is 0.